The first-order chi connectivity index (χ1) is 57.0. The number of carbonyl (C=O) groups is 15. The molecule has 6 aliphatic rings. The minimum atomic E-state index is -1.62. The Morgan fingerprint density at radius 1 is 0.408 bits per heavy atom. The van der Waals surface area contributed by atoms with E-state index in [1.165, 1.54) is 53.7 Å². The number of phenolic OH excluding ortho intramolecular Hbond substituents is 1. The molecule has 0 aromatic heterocycles. The van der Waals surface area contributed by atoms with Gasteiger partial charge in [0.1, 0.15) is 84.3 Å². The molecule has 0 radical (unpaired) electrons. The largest absolute Gasteiger partial charge is 0.508 e. The lowest BCUT2D eigenvalue weighted by Crippen LogP contribution is -2.60. The standard InChI is InChI=1S/C78H126N24O18/c1-43(2)40-53(96-62(106)51(41-45-26-28-46(103)29-27-45)94-67(111)57-23-13-37-100(57)74(118)58-24-14-38-101(58)70(114)47(16-5-6-30-79)90-63(107)52(42-60(104)105)95-68(112)61(80)44(3)4)72(116)98-35-11-21-55(98)65(109)91-48(17-7-31-87-76(81)82)69(113)97-34-10-20-54(97)64(108)92-49(18-8-32-88-77(83)84)71(115)102-39-15-25-59(102)73(117)99-36-12-22-56(99)66(110)93-50(75(119)120)19-9-33-89-78(85)86/h26-29,43-44,47-59,61,103H,5-25,30-42,79-80H2,1-4H3,(H,90,107)(H,91,109)(H,92,108)(H,93,110)(H,94,111)(H,95,112)(H,96,106)(H,104,105)(H,119,120)(H4,81,82,87)(H4,83,84,88)(H4,85,86,89)/t47-,48-,49-,50-,51-,52-,53-,54-,55-,56-,57-,58-,59-,61-/m0/s1. The number of nitrogens with two attached hydrogens (primary N) is 8. The quantitative estimate of drug-likeness (QED) is 0.0166. The van der Waals surface area contributed by atoms with E-state index in [4.69, 9.17) is 45.9 Å². The third kappa shape index (κ3) is 27.4. The van der Waals surface area contributed by atoms with E-state index in [9.17, 15) is 72.9 Å². The Bertz CT molecular complexity index is 3870. The molecule has 6 fully saturated rings. The van der Waals surface area contributed by atoms with E-state index >= 15 is 14.4 Å². The van der Waals surface area contributed by atoms with Gasteiger partial charge in [0, 0.05) is 65.3 Å². The van der Waals surface area contributed by atoms with Gasteiger partial charge in [-0.3, -0.25) is 82.1 Å². The highest BCUT2D eigenvalue weighted by Gasteiger charge is 2.49. The molecule has 0 spiro atoms. The molecule has 42 nitrogen and oxygen atoms in total. The van der Waals surface area contributed by atoms with Crippen molar-refractivity contribution in [2.75, 3.05) is 65.4 Å². The predicted octanol–water partition coefficient (Wildman–Crippen LogP) is -4.85. The fourth-order valence-corrected chi connectivity index (χ4v) is 16.3. The molecule has 1 aromatic carbocycles. The van der Waals surface area contributed by atoms with Gasteiger partial charge in [-0.15, -0.1) is 0 Å². The van der Waals surface area contributed by atoms with Crippen LogP contribution in [0.1, 0.15) is 181 Å². The number of nitrogens with zero attached hydrogens (tertiary/aromatic N) is 9. The van der Waals surface area contributed by atoms with Gasteiger partial charge < -0.3 is 128 Å². The number of unbranched alkanes of at least 4 members (excludes halogenated alkanes) is 1. The number of rotatable bonds is 44. The molecule has 666 valence electrons. The Morgan fingerprint density at radius 3 is 1.12 bits per heavy atom. The number of nitrogens with one attached hydrogen (secondary N) is 7. The Morgan fingerprint density at radius 2 is 0.733 bits per heavy atom. The van der Waals surface area contributed by atoms with Crippen molar-refractivity contribution in [2.45, 2.75) is 266 Å². The van der Waals surface area contributed by atoms with Gasteiger partial charge >= 0.3 is 11.9 Å². The van der Waals surface area contributed by atoms with E-state index in [1.807, 2.05) is 13.8 Å². The molecule has 0 aliphatic carbocycles. The lowest BCUT2D eigenvalue weighted by atomic mass is 10.00. The zero-order chi connectivity index (χ0) is 88.2. The maximum Gasteiger partial charge on any atom is 0.326 e. The van der Waals surface area contributed by atoms with Gasteiger partial charge in [-0.1, -0.05) is 39.8 Å². The minimum Gasteiger partial charge on any atom is -0.508 e. The Balaban J connectivity index is 1.06. The molecule has 14 atom stereocenters. The number of phenols is 1. The fourth-order valence-electron chi connectivity index (χ4n) is 16.3. The molecule has 0 saturated carbocycles. The number of likely N-dealkylation sites (tertiary alicyclic amines) is 6. The van der Waals surface area contributed by atoms with Crippen molar-refractivity contribution in [3.8, 4) is 5.75 Å². The Hall–Kier alpha value is -11.2. The maximum atomic E-state index is 15.2. The van der Waals surface area contributed by atoms with E-state index in [1.54, 1.807) is 13.8 Å². The van der Waals surface area contributed by atoms with Crippen LogP contribution in [0.4, 0.5) is 0 Å². The van der Waals surface area contributed by atoms with Gasteiger partial charge in [-0.25, -0.2) is 4.79 Å². The molecule has 42 heteroatoms. The predicted molar refractivity (Wildman–Crippen MR) is 439 cm³/mol. The van der Waals surface area contributed by atoms with Gasteiger partial charge in [0.15, 0.2) is 17.9 Å². The number of hydrogen-bond donors (Lipinski definition) is 18. The number of carbonyl (C=O) groups excluding carboxylic acids is 13. The fraction of sp³-hybridized carbons (Fsp3) is 0.692. The second kappa shape index (κ2) is 46.4. The first-order valence-electron chi connectivity index (χ1n) is 41.8. The van der Waals surface area contributed by atoms with Crippen molar-refractivity contribution in [3.05, 3.63) is 29.8 Å². The Labute approximate surface area is 697 Å². The molecule has 120 heavy (non-hydrogen) atoms. The number of hydrogen-bond acceptors (Lipinski definition) is 21. The topological polar surface area (TPSA) is 666 Å². The number of carboxylic acid groups (broad SMARTS) is 2. The molecule has 7 rings (SSSR count). The molecule has 1 aromatic rings. The van der Waals surface area contributed by atoms with E-state index in [0.717, 1.165) is 0 Å². The molecule has 6 aliphatic heterocycles. The summed E-state index contributed by atoms with van der Waals surface area (Å²) in [6.45, 7) is 7.89. The molecule has 0 unspecified atom stereocenters. The summed E-state index contributed by atoms with van der Waals surface area (Å²) in [5.74, 6) is -13.2. The third-order valence-electron chi connectivity index (χ3n) is 22.6. The average molecular weight is 1690 g/mol. The van der Waals surface area contributed by atoms with E-state index in [-0.39, 0.29) is 197 Å². The van der Waals surface area contributed by atoms with Crippen LogP contribution in [0, 0.1) is 11.8 Å². The molecule has 13 amide bonds. The highest BCUT2D eigenvalue weighted by Crippen LogP contribution is 2.31. The summed E-state index contributed by atoms with van der Waals surface area (Å²) < 4.78 is 0. The lowest BCUT2D eigenvalue weighted by molar-refractivity contribution is -0.149. The summed E-state index contributed by atoms with van der Waals surface area (Å²) in [7, 11) is 0. The first kappa shape index (κ1) is 95.9. The van der Waals surface area contributed by atoms with Crippen molar-refractivity contribution in [1.82, 2.24) is 66.6 Å². The highest BCUT2D eigenvalue weighted by molar-refractivity contribution is 6.01. The summed E-state index contributed by atoms with van der Waals surface area (Å²) in [4.78, 5) is 234. The van der Waals surface area contributed by atoms with Gasteiger partial charge in [0.05, 0.1) is 12.5 Å². The van der Waals surface area contributed by atoms with Crippen molar-refractivity contribution >= 4 is 107 Å². The highest BCUT2D eigenvalue weighted by atomic mass is 16.4. The molecule has 0 bridgehead atoms. The monoisotopic (exact) mass is 1690 g/mol. The number of guanidine groups is 3. The van der Waals surface area contributed by atoms with E-state index in [2.05, 4.69) is 52.2 Å². The summed E-state index contributed by atoms with van der Waals surface area (Å²) in [5.41, 5.74) is 45.7. The van der Waals surface area contributed by atoms with Gasteiger partial charge in [0.2, 0.25) is 76.8 Å². The van der Waals surface area contributed by atoms with Gasteiger partial charge in [0.25, 0.3) is 0 Å². The summed E-state index contributed by atoms with van der Waals surface area (Å²) in [6.07, 6.45) is 3.40. The van der Waals surface area contributed by atoms with Crippen molar-refractivity contribution < 1.29 is 87.2 Å². The van der Waals surface area contributed by atoms with Crippen molar-refractivity contribution in [1.29, 1.82) is 0 Å². The van der Waals surface area contributed by atoms with Crippen LogP contribution in [-0.2, 0) is 78.3 Å². The SMILES string of the molecule is CC(C)C[C@H](NC(=O)[C@H](Cc1ccc(O)cc1)NC(=O)[C@@H]1CCCN1C(=O)[C@@H]1CCCN1C(=O)[C@H](CCCCN)NC(=O)[C@H](CC(=O)O)NC(=O)[C@@H](N)C(C)C)C(=O)N1CCC[C@H]1C(=O)N[C@@H](CCCN=C(N)N)C(=O)N1CCC[C@H]1C(=O)N[C@@H](CCCN=C(N)N)C(=O)N1CCC[C@H]1C(=O)N1CCC[C@H]1C(=O)N[C@@H](CCCN=C(N)N)C(=O)O. The smallest absolute Gasteiger partial charge is 0.326 e. The van der Waals surface area contributed by atoms with Crippen LogP contribution in [0.15, 0.2) is 39.2 Å². The minimum absolute atomic E-state index is 0.00629. The summed E-state index contributed by atoms with van der Waals surface area (Å²) >= 11 is 0. The van der Waals surface area contributed by atoms with Crippen LogP contribution in [0.5, 0.6) is 5.75 Å². The molecule has 6 heterocycles. The van der Waals surface area contributed by atoms with E-state index in [0.29, 0.717) is 56.9 Å². The van der Waals surface area contributed by atoms with Crippen LogP contribution in [-0.4, -0.2) is 301 Å². The second-order valence-electron chi connectivity index (χ2n) is 32.4. The number of amides is 13. The molecule has 26 N–H and O–H groups in total. The summed E-state index contributed by atoms with van der Waals surface area (Å²) in [6, 6.07) is -11.6. The van der Waals surface area contributed by atoms with Gasteiger partial charge in [-0.05, 0) is 177 Å². The van der Waals surface area contributed by atoms with Crippen molar-refractivity contribution in [3.63, 3.8) is 0 Å². The number of carboxylic acids is 2. The summed E-state index contributed by atoms with van der Waals surface area (Å²) in [5, 5.41) is 49.0. The zero-order valence-electron chi connectivity index (χ0n) is 69.2. The van der Waals surface area contributed by atoms with Crippen LogP contribution in [0.3, 0.4) is 0 Å². The van der Waals surface area contributed by atoms with Crippen LogP contribution >= 0.6 is 0 Å². The van der Waals surface area contributed by atoms with Crippen LogP contribution < -0.4 is 83.1 Å². The Kier molecular flexibility index (Phi) is 37.1. The number of aromatic hydroxyl groups is 1. The normalized spacial score (nSPS) is 20.9. The number of aliphatic imine (C=N–C) groups is 3. The van der Waals surface area contributed by atoms with E-state index < -0.39 is 180 Å². The van der Waals surface area contributed by atoms with Crippen molar-refractivity contribution in [2.24, 2.45) is 72.7 Å². The van der Waals surface area contributed by atoms with Crippen LogP contribution in [0.25, 0.3) is 0 Å². The van der Waals surface area contributed by atoms with Crippen LogP contribution in [0.2, 0.25) is 0 Å². The second-order valence-corrected chi connectivity index (χ2v) is 32.4. The molecular weight excluding hydrogens is 1560 g/mol. The maximum absolute atomic E-state index is 15.2. The lowest BCUT2D eigenvalue weighted by Gasteiger charge is -2.34. The first-order valence-corrected chi connectivity index (χ1v) is 41.8. The third-order valence-corrected chi connectivity index (χ3v) is 22.6. The number of aliphatic carboxylic acids is 2. The number of benzene rings is 1. The zero-order valence-corrected chi connectivity index (χ0v) is 69.2. The molecular formula is C78H126N24O18. The van der Waals surface area contributed by atoms with Gasteiger partial charge in [-0.2, -0.15) is 0 Å². The molecule has 6 saturated heterocycles. The average Bonchev–Trinajstić information content (AvgIpc) is 0.930.